The molecule has 2 aromatic carbocycles. The van der Waals surface area contributed by atoms with Crippen molar-refractivity contribution in [2.45, 2.75) is 5.92 Å². The molecule has 0 saturated carbocycles. The van der Waals surface area contributed by atoms with Gasteiger partial charge in [-0.2, -0.15) is 0 Å². The number of anilines is 2. The molecular formula is C17H15N3O. The van der Waals surface area contributed by atoms with Crippen molar-refractivity contribution in [2.75, 3.05) is 17.2 Å². The number of fused-ring (bicyclic) bond motifs is 2. The van der Waals surface area contributed by atoms with Gasteiger partial charge in [-0.05, 0) is 17.7 Å². The molecule has 0 fully saturated rings. The van der Waals surface area contributed by atoms with Crippen LogP contribution in [0, 0.1) is 5.92 Å². The third-order valence-electron chi connectivity index (χ3n) is 4.11. The highest BCUT2D eigenvalue weighted by molar-refractivity contribution is 6.19. The van der Waals surface area contributed by atoms with Crippen molar-refractivity contribution in [3.8, 4) is 0 Å². The smallest absolute Gasteiger partial charge is 0.235 e. The van der Waals surface area contributed by atoms with Crippen LogP contribution in [0.3, 0.4) is 0 Å². The van der Waals surface area contributed by atoms with Crippen LogP contribution in [0.25, 0.3) is 0 Å². The number of rotatable bonds is 1. The Labute approximate surface area is 122 Å². The highest BCUT2D eigenvalue weighted by atomic mass is 16.2. The van der Waals surface area contributed by atoms with Gasteiger partial charge >= 0.3 is 0 Å². The zero-order chi connectivity index (χ0) is 14.2. The Hall–Kier alpha value is -2.62. The van der Waals surface area contributed by atoms with Gasteiger partial charge in [0.25, 0.3) is 0 Å². The summed E-state index contributed by atoms with van der Waals surface area (Å²) in [5, 5.41) is 6.33. The van der Waals surface area contributed by atoms with Gasteiger partial charge in [0.15, 0.2) is 0 Å². The Kier molecular flexibility index (Phi) is 2.74. The maximum absolute atomic E-state index is 12.6. The molecule has 2 aromatic rings. The number of nitrogens with one attached hydrogen (secondary N) is 2. The van der Waals surface area contributed by atoms with Crippen molar-refractivity contribution < 1.29 is 4.79 Å². The summed E-state index contributed by atoms with van der Waals surface area (Å²) in [6.07, 6.45) is 0. The molecule has 0 aromatic heterocycles. The summed E-state index contributed by atoms with van der Waals surface area (Å²) in [5.41, 5.74) is 2.87. The molecule has 0 unspecified atom stereocenters. The first-order valence-electron chi connectivity index (χ1n) is 7.09. The summed E-state index contributed by atoms with van der Waals surface area (Å²) < 4.78 is 0. The SMILES string of the molecule is O=C1Nc2ccccc2NC2=NC[C@H](c3ccccc3)[C@H]12. The molecule has 4 heteroatoms. The molecule has 2 aliphatic heterocycles. The molecule has 2 atom stereocenters. The number of benzene rings is 2. The second-order valence-corrected chi connectivity index (χ2v) is 5.38. The van der Waals surface area contributed by atoms with Crippen molar-refractivity contribution in [2.24, 2.45) is 10.9 Å². The second-order valence-electron chi connectivity index (χ2n) is 5.38. The number of nitrogens with zero attached hydrogens (tertiary/aromatic N) is 1. The highest BCUT2D eigenvalue weighted by Gasteiger charge is 2.40. The maximum Gasteiger partial charge on any atom is 0.235 e. The fourth-order valence-corrected chi connectivity index (χ4v) is 3.06. The van der Waals surface area contributed by atoms with Gasteiger partial charge in [0.1, 0.15) is 11.8 Å². The first kappa shape index (κ1) is 12.1. The minimum Gasteiger partial charge on any atom is -0.342 e. The second kappa shape index (κ2) is 4.74. The first-order valence-corrected chi connectivity index (χ1v) is 7.09. The molecule has 2 N–H and O–H groups in total. The van der Waals surface area contributed by atoms with Gasteiger partial charge in [-0.3, -0.25) is 9.79 Å². The van der Waals surface area contributed by atoms with Gasteiger partial charge in [0, 0.05) is 12.5 Å². The van der Waals surface area contributed by atoms with E-state index in [1.165, 1.54) is 0 Å². The minimum absolute atomic E-state index is 0.0116. The number of para-hydroxylation sites is 2. The molecule has 1 amide bonds. The summed E-state index contributed by atoms with van der Waals surface area (Å²) in [4.78, 5) is 17.2. The van der Waals surface area contributed by atoms with Gasteiger partial charge in [0.05, 0.1) is 11.4 Å². The van der Waals surface area contributed by atoms with E-state index in [2.05, 4.69) is 27.8 Å². The molecule has 104 valence electrons. The van der Waals surface area contributed by atoms with Crippen LogP contribution in [-0.4, -0.2) is 18.3 Å². The number of amidine groups is 1. The van der Waals surface area contributed by atoms with E-state index in [4.69, 9.17) is 0 Å². The lowest BCUT2D eigenvalue weighted by Gasteiger charge is -2.18. The lowest BCUT2D eigenvalue weighted by atomic mass is 9.87. The third kappa shape index (κ3) is 2.00. The van der Waals surface area contributed by atoms with Crippen molar-refractivity contribution >= 4 is 23.1 Å². The van der Waals surface area contributed by atoms with E-state index >= 15 is 0 Å². The van der Waals surface area contributed by atoms with Crippen LogP contribution in [-0.2, 0) is 4.79 Å². The monoisotopic (exact) mass is 277 g/mol. The first-order chi connectivity index (χ1) is 10.3. The van der Waals surface area contributed by atoms with Crippen molar-refractivity contribution in [3.05, 3.63) is 60.2 Å². The quantitative estimate of drug-likeness (QED) is 0.842. The fraction of sp³-hybridized carbons (Fsp3) is 0.176. The van der Waals surface area contributed by atoms with Crippen LogP contribution < -0.4 is 10.6 Å². The van der Waals surface area contributed by atoms with E-state index in [0.717, 1.165) is 22.8 Å². The van der Waals surface area contributed by atoms with Crippen molar-refractivity contribution in [3.63, 3.8) is 0 Å². The number of carbonyl (C=O) groups is 1. The summed E-state index contributed by atoms with van der Waals surface area (Å²) in [7, 11) is 0. The van der Waals surface area contributed by atoms with Crippen LogP contribution in [0.4, 0.5) is 11.4 Å². The van der Waals surface area contributed by atoms with Gasteiger partial charge < -0.3 is 10.6 Å². The van der Waals surface area contributed by atoms with Crippen molar-refractivity contribution in [1.82, 2.24) is 0 Å². The maximum atomic E-state index is 12.6. The standard InChI is InChI=1S/C17H15N3O/c21-17-15-12(11-6-2-1-3-7-11)10-18-16(15)19-13-8-4-5-9-14(13)20-17/h1-9,12,15H,10H2,(H,18,19)(H,20,21)/t12-,15+/m1/s1. The van der Waals surface area contributed by atoms with Gasteiger partial charge in [-0.1, -0.05) is 42.5 Å². The molecule has 0 aliphatic carbocycles. The predicted molar refractivity (Wildman–Crippen MR) is 83.7 cm³/mol. The fourth-order valence-electron chi connectivity index (χ4n) is 3.06. The average Bonchev–Trinajstić information content (AvgIpc) is 2.88. The predicted octanol–water partition coefficient (Wildman–Crippen LogP) is 2.86. The van der Waals surface area contributed by atoms with E-state index < -0.39 is 0 Å². The van der Waals surface area contributed by atoms with Crippen LogP contribution >= 0.6 is 0 Å². The third-order valence-corrected chi connectivity index (χ3v) is 4.11. The van der Waals surface area contributed by atoms with Crippen molar-refractivity contribution in [1.29, 1.82) is 0 Å². The molecule has 0 spiro atoms. The number of carbonyl (C=O) groups excluding carboxylic acids is 1. The molecular weight excluding hydrogens is 262 g/mol. The molecule has 2 heterocycles. The van der Waals surface area contributed by atoms with Gasteiger partial charge in [-0.15, -0.1) is 0 Å². The lowest BCUT2D eigenvalue weighted by Crippen LogP contribution is -2.32. The Balaban J connectivity index is 1.72. The summed E-state index contributed by atoms with van der Waals surface area (Å²) in [6, 6.07) is 17.8. The minimum atomic E-state index is -0.250. The number of hydrogen-bond acceptors (Lipinski definition) is 3. The summed E-state index contributed by atoms with van der Waals surface area (Å²) in [5.74, 6) is 0.631. The number of aliphatic imine (C=N–C) groups is 1. The van der Waals surface area contributed by atoms with Crippen LogP contribution in [0.1, 0.15) is 11.5 Å². The number of hydrogen-bond donors (Lipinski definition) is 2. The normalized spacial score (nSPS) is 23.2. The summed E-state index contributed by atoms with van der Waals surface area (Å²) in [6.45, 7) is 0.645. The van der Waals surface area contributed by atoms with Crippen LogP contribution in [0.2, 0.25) is 0 Å². The molecule has 0 bridgehead atoms. The molecule has 4 nitrogen and oxygen atoms in total. The molecule has 0 radical (unpaired) electrons. The molecule has 21 heavy (non-hydrogen) atoms. The van der Waals surface area contributed by atoms with E-state index in [9.17, 15) is 4.79 Å². The largest absolute Gasteiger partial charge is 0.342 e. The molecule has 4 rings (SSSR count). The Bertz CT molecular complexity index is 724. The Morgan fingerprint density at radius 2 is 1.57 bits per heavy atom. The summed E-state index contributed by atoms with van der Waals surface area (Å²) >= 11 is 0. The molecule has 2 aliphatic rings. The zero-order valence-corrected chi connectivity index (χ0v) is 11.4. The highest BCUT2D eigenvalue weighted by Crippen LogP contribution is 2.36. The van der Waals surface area contributed by atoms with E-state index in [-0.39, 0.29) is 17.7 Å². The zero-order valence-electron chi connectivity index (χ0n) is 11.4. The topological polar surface area (TPSA) is 53.5 Å². The average molecular weight is 277 g/mol. The van der Waals surface area contributed by atoms with Crippen LogP contribution in [0.5, 0.6) is 0 Å². The van der Waals surface area contributed by atoms with Gasteiger partial charge in [0.2, 0.25) is 5.91 Å². The molecule has 0 saturated heterocycles. The van der Waals surface area contributed by atoms with Gasteiger partial charge in [-0.25, -0.2) is 0 Å². The van der Waals surface area contributed by atoms with E-state index in [1.807, 2.05) is 42.5 Å². The lowest BCUT2D eigenvalue weighted by molar-refractivity contribution is -0.118. The van der Waals surface area contributed by atoms with Crippen LogP contribution in [0.15, 0.2) is 59.6 Å². The number of amides is 1. The van der Waals surface area contributed by atoms with E-state index in [1.54, 1.807) is 0 Å². The Morgan fingerprint density at radius 3 is 2.33 bits per heavy atom. The van der Waals surface area contributed by atoms with E-state index in [0.29, 0.717) is 6.54 Å². The Morgan fingerprint density at radius 1 is 0.905 bits per heavy atom.